The Kier molecular flexibility index (Phi) is 19.4. The lowest BCUT2D eigenvalue weighted by molar-refractivity contribution is -0.140. The van der Waals surface area contributed by atoms with Gasteiger partial charge in [-0.15, -0.1) is 0 Å². The molecule has 0 aromatic heterocycles. The van der Waals surface area contributed by atoms with E-state index in [0.29, 0.717) is 6.42 Å². The summed E-state index contributed by atoms with van der Waals surface area (Å²) in [5.41, 5.74) is 0. The van der Waals surface area contributed by atoms with Gasteiger partial charge < -0.3 is 4.74 Å². The van der Waals surface area contributed by atoms with Gasteiger partial charge in [0.05, 0.1) is 7.11 Å². The lowest BCUT2D eigenvalue weighted by Crippen LogP contribution is -1.99. The maximum absolute atomic E-state index is 11.0. The molecule has 0 spiro atoms. The second-order valence-electron chi connectivity index (χ2n) is 8.17. The van der Waals surface area contributed by atoms with Gasteiger partial charge >= 0.3 is 5.97 Å². The Bertz CT molecular complexity index is 273. The Balaban J connectivity index is 3.02. The van der Waals surface area contributed by atoms with Crippen LogP contribution < -0.4 is 0 Å². The number of rotatable bonds is 19. The van der Waals surface area contributed by atoms with Gasteiger partial charge in [-0.25, -0.2) is 0 Å². The molecule has 150 valence electrons. The van der Waals surface area contributed by atoms with Gasteiger partial charge in [0.1, 0.15) is 0 Å². The molecule has 0 atom stereocenters. The molecular weight excluding hydrogens is 308 g/mol. The molecule has 2 heteroatoms. The van der Waals surface area contributed by atoms with Crippen molar-refractivity contribution in [2.75, 3.05) is 7.11 Å². The van der Waals surface area contributed by atoms with Crippen molar-refractivity contribution in [3.05, 3.63) is 0 Å². The van der Waals surface area contributed by atoms with E-state index < -0.39 is 0 Å². The predicted molar refractivity (Wildman–Crippen MR) is 110 cm³/mol. The van der Waals surface area contributed by atoms with Crippen molar-refractivity contribution in [3.63, 3.8) is 0 Å². The van der Waals surface area contributed by atoms with Crippen LogP contribution in [0.3, 0.4) is 0 Å². The van der Waals surface area contributed by atoms with Gasteiger partial charge in [-0.1, -0.05) is 117 Å². The summed E-state index contributed by atoms with van der Waals surface area (Å²) < 4.78 is 4.65. The summed E-state index contributed by atoms with van der Waals surface area (Å²) in [5.74, 6) is 0.817. The second kappa shape index (κ2) is 19.8. The monoisotopic (exact) mass is 354 g/mol. The number of carbonyl (C=O) groups excluding carboxylic acids is 1. The van der Waals surface area contributed by atoms with Crippen molar-refractivity contribution in [1.82, 2.24) is 0 Å². The fourth-order valence-corrected chi connectivity index (χ4v) is 3.40. The first kappa shape index (κ1) is 24.5. The van der Waals surface area contributed by atoms with Gasteiger partial charge in [-0.2, -0.15) is 0 Å². The molecule has 2 nitrogen and oxygen atoms in total. The van der Waals surface area contributed by atoms with E-state index in [9.17, 15) is 4.79 Å². The fourth-order valence-electron chi connectivity index (χ4n) is 3.40. The zero-order chi connectivity index (χ0) is 18.6. The van der Waals surface area contributed by atoms with Crippen LogP contribution in [-0.2, 0) is 9.53 Å². The van der Waals surface area contributed by atoms with Crippen molar-refractivity contribution >= 4 is 5.97 Å². The van der Waals surface area contributed by atoms with Crippen molar-refractivity contribution in [3.8, 4) is 0 Å². The van der Waals surface area contributed by atoms with Crippen molar-refractivity contribution in [2.45, 2.75) is 129 Å². The third-order valence-corrected chi connectivity index (χ3v) is 5.14. The van der Waals surface area contributed by atoms with Crippen molar-refractivity contribution in [1.29, 1.82) is 0 Å². The van der Waals surface area contributed by atoms with E-state index in [0.717, 1.165) is 12.3 Å². The minimum atomic E-state index is -0.0638. The Labute approximate surface area is 158 Å². The lowest BCUT2D eigenvalue weighted by atomic mass is 10.0. The van der Waals surface area contributed by atoms with Gasteiger partial charge in [-0.05, 0) is 12.3 Å². The molecule has 0 heterocycles. The van der Waals surface area contributed by atoms with E-state index in [-0.39, 0.29) is 5.97 Å². The highest BCUT2D eigenvalue weighted by atomic mass is 16.5. The number of carbonyl (C=O) groups is 1. The Morgan fingerprint density at radius 1 is 0.600 bits per heavy atom. The Hall–Kier alpha value is -0.530. The highest BCUT2D eigenvalue weighted by molar-refractivity contribution is 5.68. The Morgan fingerprint density at radius 2 is 0.920 bits per heavy atom. The number of esters is 1. The lowest BCUT2D eigenvalue weighted by Gasteiger charge is -2.05. The molecule has 0 aliphatic carbocycles. The molecular formula is C23H46O2. The molecule has 0 aromatic carbocycles. The SMILES string of the molecule is COC(=O)CCCCCCCCCCCCCCCCCCC(C)C. The van der Waals surface area contributed by atoms with Crippen molar-refractivity contribution in [2.24, 2.45) is 5.92 Å². The van der Waals surface area contributed by atoms with Crippen LogP contribution in [0.15, 0.2) is 0 Å². The molecule has 0 radical (unpaired) electrons. The van der Waals surface area contributed by atoms with Crippen LogP contribution in [0.25, 0.3) is 0 Å². The maximum atomic E-state index is 11.0. The average molecular weight is 355 g/mol. The molecule has 0 N–H and O–H groups in total. The summed E-state index contributed by atoms with van der Waals surface area (Å²) in [7, 11) is 1.47. The smallest absolute Gasteiger partial charge is 0.305 e. The van der Waals surface area contributed by atoms with E-state index >= 15 is 0 Å². The highest BCUT2D eigenvalue weighted by Crippen LogP contribution is 2.15. The van der Waals surface area contributed by atoms with Crippen LogP contribution in [0.1, 0.15) is 129 Å². The van der Waals surface area contributed by atoms with Crippen molar-refractivity contribution < 1.29 is 9.53 Å². The van der Waals surface area contributed by atoms with Crippen LogP contribution in [0, 0.1) is 5.92 Å². The topological polar surface area (TPSA) is 26.3 Å². The largest absolute Gasteiger partial charge is 0.469 e. The summed E-state index contributed by atoms with van der Waals surface area (Å²) >= 11 is 0. The van der Waals surface area contributed by atoms with E-state index in [1.165, 1.54) is 110 Å². The molecule has 0 rings (SSSR count). The minimum absolute atomic E-state index is 0.0638. The average Bonchev–Trinajstić information content (AvgIpc) is 2.60. The normalized spacial score (nSPS) is 11.2. The third-order valence-electron chi connectivity index (χ3n) is 5.14. The van der Waals surface area contributed by atoms with Crippen LogP contribution in [-0.4, -0.2) is 13.1 Å². The van der Waals surface area contributed by atoms with Gasteiger partial charge in [0.2, 0.25) is 0 Å². The van der Waals surface area contributed by atoms with E-state index in [1.54, 1.807) is 0 Å². The number of hydrogen-bond donors (Lipinski definition) is 0. The van der Waals surface area contributed by atoms with Gasteiger partial charge in [0.15, 0.2) is 0 Å². The summed E-state index contributed by atoms with van der Waals surface area (Å²) in [6.07, 6.45) is 23.9. The van der Waals surface area contributed by atoms with Gasteiger partial charge in [0.25, 0.3) is 0 Å². The number of ether oxygens (including phenoxy) is 1. The molecule has 0 fully saturated rings. The van der Waals surface area contributed by atoms with Crippen LogP contribution >= 0.6 is 0 Å². The summed E-state index contributed by atoms with van der Waals surface area (Å²) in [6.45, 7) is 4.65. The predicted octanol–water partition coefficient (Wildman–Crippen LogP) is 7.84. The Morgan fingerprint density at radius 3 is 1.24 bits per heavy atom. The molecule has 0 saturated heterocycles. The number of hydrogen-bond acceptors (Lipinski definition) is 2. The van der Waals surface area contributed by atoms with E-state index in [2.05, 4.69) is 18.6 Å². The maximum Gasteiger partial charge on any atom is 0.305 e. The van der Waals surface area contributed by atoms with E-state index in [4.69, 9.17) is 0 Å². The molecule has 0 unspecified atom stereocenters. The van der Waals surface area contributed by atoms with Gasteiger partial charge in [0, 0.05) is 6.42 Å². The number of methoxy groups -OCH3 is 1. The third kappa shape index (κ3) is 21.4. The second-order valence-corrected chi connectivity index (χ2v) is 8.17. The standard InChI is InChI=1S/C23H46O2/c1-22(2)20-18-16-14-12-10-8-6-4-5-7-9-11-13-15-17-19-21-23(24)25-3/h22H,4-21H2,1-3H3. The minimum Gasteiger partial charge on any atom is -0.469 e. The molecule has 0 aliphatic rings. The quantitative estimate of drug-likeness (QED) is 0.174. The first-order valence-corrected chi connectivity index (χ1v) is 11.2. The van der Waals surface area contributed by atoms with E-state index in [1.807, 2.05) is 0 Å². The fraction of sp³-hybridized carbons (Fsp3) is 0.957. The highest BCUT2D eigenvalue weighted by Gasteiger charge is 1.99. The molecule has 0 saturated carbocycles. The molecule has 0 amide bonds. The first-order valence-electron chi connectivity index (χ1n) is 11.2. The zero-order valence-corrected chi connectivity index (χ0v) is 17.6. The summed E-state index contributed by atoms with van der Waals surface area (Å²) in [6, 6.07) is 0. The zero-order valence-electron chi connectivity index (χ0n) is 17.6. The molecule has 25 heavy (non-hydrogen) atoms. The first-order chi connectivity index (χ1) is 12.2. The summed E-state index contributed by atoms with van der Waals surface area (Å²) in [4.78, 5) is 11.0. The molecule has 0 bridgehead atoms. The van der Waals surface area contributed by atoms with Crippen LogP contribution in [0.5, 0.6) is 0 Å². The van der Waals surface area contributed by atoms with Crippen LogP contribution in [0.2, 0.25) is 0 Å². The summed E-state index contributed by atoms with van der Waals surface area (Å²) in [5, 5.41) is 0. The number of unbranched alkanes of at least 4 members (excludes halogenated alkanes) is 15. The van der Waals surface area contributed by atoms with Gasteiger partial charge in [-0.3, -0.25) is 4.79 Å². The molecule has 0 aliphatic heterocycles. The van der Waals surface area contributed by atoms with Crippen LogP contribution in [0.4, 0.5) is 0 Å². The molecule has 0 aromatic rings.